The predicted octanol–water partition coefficient (Wildman–Crippen LogP) is 3.20. The van der Waals surface area contributed by atoms with Crippen LogP contribution in [0.5, 0.6) is 0 Å². The van der Waals surface area contributed by atoms with Crippen molar-refractivity contribution < 1.29 is 14.0 Å². The number of aromatic nitrogens is 2. The molecule has 2 saturated heterocycles. The van der Waals surface area contributed by atoms with E-state index in [4.69, 9.17) is 0 Å². The van der Waals surface area contributed by atoms with Gasteiger partial charge in [-0.3, -0.25) is 9.59 Å². The summed E-state index contributed by atoms with van der Waals surface area (Å²) < 4.78 is 14.8. The van der Waals surface area contributed by atoms with Gasteiger partial charge in [0.05, 0.1) is 11.6 Å². The van der Waals surface area contributed by atoms with Gasteiger partial charge in [0.25, 0.3) is 0 Å². The Labute approximate surface area is 187 Å². The molecule has 0 atom stereocenters. The van der Waals surface area contributed by atoms with Gasteiger partial charge in [0.2, 0.25) is 11.8 Å². The summed E-state index contributed by atoms with van der Waals surface area (Å²) in [7, 11) is 0. The van der Waals surface area contributed by atoms with Crippen LogP contribution in [0.3, 0.4) is 0 Å². The number of piperidine rings is 1. The van der Waals surface area contributed by atoms with Crippen molar-refractivity contribution in [3.05, 3.63) is 47.9 Å². The summed E-state index contributed by atoms with van der Waals surface area (Å²) in [6.07, 6.45) is 5.27. The standard InChI is InChI=1S/C24H28FN5O2/c1-24(8-9-24)23(32)29-11-6-16(7-12-29)17-4-5-20(19(25)13-17)27-22(31)18-14-30(15-18)21-3-2-10-26-28-21/h2-5,10,13,16,18H,6-9,11-12,14-15H2,1H3,(H,27,31). The molecule has 0 spiro atoms. The van der Waals surface area contributed by atoms with Crippen LogP contribution in [-0.4, -0.2) is 53.1 Å². The van der Waals surface area contributed by atoms with Crippen LogP contribution in [0.15, 0.2) is 36.5 Å². The molecule has 1 aromatic heterocycles. The molecular formula is C24H28FN5O2. The van der Waals surface area contributed by atoms with Crippen molar-refractivity contribution in [3.63, 3.8) is 0 Å². The largest absolute Gasteiger partial charge is 0.353 e. The third-order valence-corrected chi connectivity index (χ3v) is 7.16. The molecule has 3 heterocycles. The maximum Gasteiger partial charge on any atom is 0.231 e. The molecule has 1 saturated carbocycles. The summed E-state index contributed by atoms with van der Waals surface area (Å²) in [6, 6.07) is 8.75. The van der Waals surface area contributed by atoms with Crippen LogP contribution >= 0.6 is 0 Å². The van der Waals surface area contributed by atoms with E-state index in [1.54, 1.807) is 12.3 Å². The van der Waals surface area contributed by atoms with Crippen molar-refractivity contribution in [2.75, 3.05) is 36.4 Å². The molecule has 2 aromatic rings. The van der Waals surface area contributed by atoms with Crippen LogP contribution < -0.4 is 10.2 Å². The monoisotopic (exact) mass is 437 g/mol. The fourth-order valence-electron chi connectivity index (χ4n) is 4.61. The highest BCUT2D eigenvalue weighted by molar-refractivity contribution is 5.94. The minimum atomic E-state index is -0.412. The number of hydrogen-bond acceptors (Lipinski definition) is 5. The molecule has 168 valence electrons. The van der Waals surface area contributed by atoms with Crippen molar-refractivity contribution in [2.24, 2.45) is 11.3 Å². The highest BCUT2D eigenvalue weighted by atomic mass is 19.1. The fraction of sp³-hybridized carbons (Fsp3) is 0.500. The highest BCUT2D eigenvalue weighted by Gasteiger charge is 2.47. The van der Waals surface area contributed by atoms with Crippen molar-refractivity contribution >= 4 is 23.3 Å². The minimum Gasteiger partial charge on any atom is -0.353 e. The van der Waals surface area contributed by atoms with Gasteiger partial charge in [-0.05, 0) is 61.4 Å². The molecule has 2 aliphatic heterocycles. The Hall–Kier alpha value is -3.03. The number of hydrogen-bond donors (Lipinski definition) is 1. The Kier molecular flexibility index (Phi) is 5.31. The Balaban J connectivity index is 1.14. The van der Waals surface area contributed by atoms with Gasteiger partial charge in [-0.2, -0.15) is 5.10 Å². The predicted molar refractivity (Wildman–Crippen MR) is 119 cm³/mol. The van der Waals surface area contributed by atoms with Crippen LogP contribution in [0.1, 0.15) is 44.1 Å². The van der Waals surface area contributed by atoms with E-state index in [1.807, 2.05) is 34.9 Å². The molecule has 0 radical (unpaired) electrons. The zero-order valence-electron chi connectivity index (χ0n) is 18.3. The van der Waals surface area contributed by atoms with Crippen LogP contribution in [0.2, 0.25) is 0 Å². The number of amides is 2. The lowest BCUT2D eigenvalue weighted by molar-refractivity contribution is -0.137. The van der Waals surface area contributed by atoms with Crippen LogP contribution in [-0.2, 0) is 9.59 Å². The number of halogens is 1. The van der Waals surface area contributed by atoms with Gasteiger partial charge in [0.1, 0.15) is 5.82 Å². The molecule has 1 N–H and O–H groups in total. The number of rotatable bonds is 5. The second-order valence-electron chi connectivity index (χ2n) is 9.54. The third kappa shape index (κ3) is 4.06. The van der Waals surface area contributed by atoms with E-state index >= 15 is 0 Å². The first kappa shape index (κ1) is 20.8. The molecule has 32 heavy (non-hydrogen) atoms. The zero-order valence-corrected chi connectivity index (χ0v) is 18.3. The summed E-state index contributed by atoms with van der Waals surface area (Å²) in [5, 5.41) is 10.6. The summed E-state index contributed by atoms with van der Waals surface area (Å²) in [5.74, 6) is 0.450. The molecular weight excluding hydrogens is 409 g/mol. The molecule has 2 amide bonds. The van der Waals surface area contributed by atoms with Crippen LogP contribution in [0.25, 0.3) is 0 Å². The van der Waals surface area contributed by atoms with E-state index in [0.717, 1.165) is 50.2 Å². The summed E-state index contributed by atoms with van der Waals surface area (Å²) in [6.45, 7) is 4.58. The molecule has 8 heteroatoms. The Morgan fingerprint density at radius 3 is 2.53 bits per heavy atom. The number of likely N-dealkylation sites (tertiary alicyclic amines) is 1. The Bertz CT molecular complexity index is 1010. The number of benzene rings is 1. The summed E-state index contributed by atoms with van der Waals surface area (Å²) >= 11 is 0. The van der Waals surface area contributed by atoms with Gasteiger partial charge in [-0.1, -0.05) is 13.0 Å². The minimum absolute atomic E-state index is 0.134. The number of carbonyl (C=O) groups is 2. The maximum absolute atomic E-state index is 14.8. The van der Waals surface area contributed by atoms with E-state index in [1.165, 1.54) is 6.07 Å². The van der Waals surface area contributed by atoms with E-state index in [9.17, 15) is 14.0 Å². The van der Waals surface area contributed by atoms with Crippen molar-refractivity contribution in [1.82, 2.24) is 15.1 Å². The lowest BCUT2D eigenvalue weighted by Gasteiger charge is -2.38. The van der Waals surface area contributed by atoms with Gasteiger partial charge in [0, 0.05) is 37.8 Å². The Morgan fingerprint density at radius 1 is 1.16 bits per heavy atom. The SMILES string of the molecule is CC1(C(=O)N2CCC(c3ccc(NC(=O)C4CN(c5cccnn5)C4)c(F)c3)CC2)CC1. The van der Waals surface area contributed by atoms with E-state index in [-0.39, 0.29) is 34.8 Å². The molecule has 7 nitrogen and oxygen atoms in total. The lowest BCUT2D eigenvalue weighted by Crippen LogP contribution is -2.52. The maximum atomic E-state index is 14.8. The van der Waals surface area contributed by atoms with Crippen molar-refractivity contribution in [2.45, 2.75) is 38.5 Å². The molecule has 1 aliphatic carbocycles. The van der Waals surface area contributed by atoms with Gasteiger partial charge >= 0.3 is 0 Å². The second-order valence-corrected chi connectivity index (χ2v) is 9.54. The number of nitrogens with zero attached hydrogens (tertiary/aromatic N) is 4. The van der Waals surface area contributed by atoms with E-state index < -0.39 is 5.82 Å². The smallest absolute Gasteiger partial charge is 0.231 e. The quantitative estimate of drug-likeness (QED) is 0.777. The van der Waals surface area contributed by atoms with E-state index in [0.29, 0.717) is 13.1 Å². The van der Waals surface area contributed by atoms with Crippen molar-refractivity contribution in [1.29, 1.82) is 0 Å². The topological polar surface area (TPSA) is 78.4 Å². The average molecular weight is 438 g/mol. The summed E-state index contributed by atoms with van der Waals surface area (Å²) in [5.41, 5.74) is 1.01. The molecule has 5 rings (SSSR count). The van der Waals surface area contributed by atoms with Gasteiger partial charge in [-0.25, -0.2) is 4.39 Å². The molecule has 1 aromatic carbocycles. The Morgan fingerprint density at radius 2 is 1.91 bits per heavy atom. The first-order valence-corrected chi connectivity index (χ1v) is 11.4. The third-order valence-electron chi connectivity index (χ3n) is 7.16. The number of carbonyl (C=O) groups excluding carboxylic acids is 2. The van der Waals surface area contributed by atoms with Crippen molar-refractivity contribution in [3.8, 4) is 0 Å². The molecule has 3 fully saturated rings. The van der Waals surface area contributed by atoms with Gasteiger partial charge in [0.15, 0.2) is 5.82 Å². The van der Waals surface area contributed by atoms with E-state index in [2.05, 4.69) is 15.5 Å². The number of anilines is 2. The summed E-state index contributed by atoms with van der Waals surface area (Å²) in [4.78, 5) is 29.0. The molecule has 3 aliphatic rings. The highest BCUT2D eigenvalue weighted by Crippen LogP contribution is 2.47. The van der Waals surface area contributed by atoms with Gasteiger partial charge in [-0.15, -0.1) is 5.10 Å². The fourth-order valence-corrected chi connectivity index (χ4v) is 4.61. The van der Waals surface area contributed by atoms with Crippen LogP contribution in [0.4, 0.5) is 15.9 Å². The normalized spacial score (nSPS) is 20.6. The second kappa shape index (κ2) is 8.15. The average Bonchev–Trinajstić information content (AvgIpc) is 3.53. The number of nitrogens with one attached hydrogen (secondary N) is 1. The lowest BCUT2D eigenvalue weighted by atomic mass is 9.88. The first-order chi connectivity index (χ1) is 15.4. The first-order valence-electron chi connectivity index (χ1n) is 11.4. The molecule has 0 bridgehead atoms. The van der Waals surface area contributed by atoms with Crippen LogP contribution in [0, 0.1) is 17.2 Å². The molecule has 0 unspecified atom stereocenters. The zero-order chi connectivity index (χ0) is 22.3. The van der Waals surface area contributed by atoms with Gasteiger partial charge < -0.3 is 15.1 Å².